The molecule has 0 aliphatic heterocycles. The van der Waals surface area contributed by atoms with Crippen molar-refractivity contribution < 1.29 is 4.39 Å². The third-order valence-corrected chi connectivity index (χ3v) is 3.28. The minimum absolute atomic E-state index is 0.494. The molecule has 0 aromatic carbocycles. The van der Waals surface area contributed by atoms with Crippen LogP contribution in [0.5, 0.6) is 0 Å². The van der Waals surface area contributed by atoms with E-state index in [1.54, 1.807) is 18.5 Å². The summed E-state index contributed by atoms with van der Waals surface area (Å²) in [7, 11) is 0. The van der Waals surface area contributed by atoms with Crippen molar-refractivity contribution in [2.45, 2.75) is 0 Å². The van der Waals surface area contributed by atoms with Gasteiger partial charge in [0.2, 0.25) is 5.95 Å². The zero-order chi connectivity index (χ0) is 13.5. The fourth-order valence-electron chi connectivity index (χ4n) is 2.32. The number of halogens is 1. The Balaban J connectivity index is 1.94. The topological polar surface area (TPSA) is 54.5 Å². The van der Waals surface area contributed by atoms with E-state index in [1.807, 2.05) is 18.2 Å². The number of hydrogen-bond donors (Lipinski definition) is 1. The van der Waals surface area contributed by atoms with Crippen LogP contribution in [-0.2, 0) is 0 Å². The predicted octanol–water partition coefficient (Wildman–Crippen LogP) is 3.31. The summed E-state index contributed by atoms with van der Waals surface area (Å²) in [6, 6.07) is 8.86. The molecule has 0 bridgehead atoms. The Morgan fingerprint density at radius 1 is 0.950 bits per heavy atom. The summed E-state index contributed by atoms with van der Waals surface area (Å²) in [5.41, 5.74) is 3.27. The molecule has 0 spiro atoms. The second-order valence-corrected chi connectivity index (χ2v) is 4.51. The molecule has 0 aliphatic rings. The maximum Gasteiger partial charge on any atom is 0.212 e. The van der Waals surface area contributed by atoms with Crippen LogP contribution in [0.1, 0.15) is 0 Å². The van der Waals surface area contributed by atoms with Crippen molar-refractivity contribution in [3.63, 3.8) is 0 Å². The molecule has 4 aromatic rings. The first-order valence-electron chi connectivity index (χ1n) is 6.16. The van der Waals surface area contributed by atoms with Gasteiger partial charge in [-0.1, -0.05) is 0 Å². The summed E-state index contributed by atoms with van der Waals surface area (Å²) < 4.78 is 12.9. The first kappa shape index (κ1) is 11.0. The molecule has 5 heteroatoms. The van der Waals surface area contributed by atoms with E-state index < -0.39 is 5.95 Å². The lowest BCUT2D eigenvalue weighted by atomic mass is 10.1. The Labute approximate surface area is 113 Å². The fourth-order valence-corrected chi connectivity index (χ4v) is 2.32. The van der Waals surface area contributed by atoms with Crippen molar-refractivity contribution in [2.75, 3.05) is 0 Å². The Morgan fingerprint density at radius 2 is 1.90 bits per heavy atom. The lowest BCUT2D eigenvalue weighted by Gasteiger charge is -2.00. The highest BCUT2D eigenvalue weighted by Gasteiger charge is 2.07. The van der Waals surface area contributed by atoms with Gasteiger partial charge in [0.1, 0.15) is 5.65 Å². The predicted molar refractivity (Wildman–Crippen MR) is 74.6 cm³/mol. The quantitative estimate of drug-likeness (QED) is 0.536. The van der Waals surface area contributed by atoms with Crippen LogP contribution in [0.25, 0.3) is 33.2 Å². The SMILES string of the molecule is Fc1ccc(-c2ccc3c(n2)[nH]c2cnccc23)cn1. The van der Waals surface area contributed by atoms with Gasteiger partial charge in [0.15, 0.2) is 0 Å². The normalized spacial score (nSPS) is 11.2. The molecular weight excluding hydrogens is 255 g/mol. The second-order valence-electron chi connectivity index (χ2n) is 4.51. The van der Waals surface area contributed by atoms with Crippen LogP contribution in [0.2, 0.25) is 0 Å². The standard InChI is InChI=1S/C15H9FN4/c16-14-4-1-9(7-18-14)12-3-2-11-10-5-6-17-8-13(10)20-15(11)19-12/h1-8H,(H,19,20). The van der Waals surface area contributed by atoms with Gasteiger partial charge in [-0.3, -0.25) is 4.98 Å². The third kappa shape index (κ3) is 1.64. The summed E-state index contributed by atoms with van der Waals surface area (Å²) in [6.07, 6.45) is 5.01. The summed E-state index contributed by atoms with van der Waals surface area (Å²) in [5, 5.41) is 2.13. The van der Waals surface area contributed by atoms with Gasteiger partial charge in [-0.15, -0.1) is 0 Å². The number of pyridine rings is 3. The highest BCUT2D eigenvalue weighted by molar-refractivity contribution is 6.05. The molecule has 0 atom stereocenters. The molecule has 20 heavy (non-hydrogen) atoms. The zero-order valence-corrected chi connectivity index (χ0v) is 10.3. The van der Waals surface area contributed by atoms with Crippen LogP contribution in [0.4, 0.5) is 4.39 Å². The summed E-state index contributed by atoms with van der Waals surface area (Å²) >= 11 is 0. The lowest BCUT2D eigenvalue weighted by molar-refractivity contribution is 0.584. The van der Waals surface area contributed by atoms with E-state index in [1.165, 1.54) is 12.3 Å². The van der Waals surface area contributed by atoms with Gasteiger partial charge in [-0.05, 0) is 30.3 Å². The summed E-state index contributed by atoms with van der Waals surface area (Å²) in [4.78, 5) is 15.5. The second kappa shape index (κ2) is 4.09. The highest BCUT2D eigenvalue weighted by Crippen LogP contribution is 2.26. The van der Waals surface area contributed by atoms with E-state index >= 15 is 0 Å². The molecule has 4 nitrogen and oxygen atoms in total. The molecule has 96 valence electrons. The van der Waals surface area contributed by atoms with E-state index in [4.69, 9.17) is 0 Å². The van der Waals surface area contributed by atoms with Crippen LogP contribution in [0.3, 0.4) is 0 Å². The highest BCUT2D eigenvalue weighted by atomic mass is 19.1. The molecule has 0 aliphatic carbocycles. The first-order chi connectivity index (χ1) is 9.81. The van der Waals surface area contributed by atoms with E-state index in [2.05, 4.69) is 19.9 Å². The van der Waals surface area contributed by atoms with Crippen molar-refractivity contribution in [1.82, 2.24) is 19.9 Å². The largest absolute Gasteiger partial charge is 0.338 e. The minimum atomic E-state index is -0.494. The van der Waals surface area contributed by atoms with Gasteiger partial charge < -0.3 is 4.98 Å². The van der Waals surface area contributed by atoms with Crippen molar-refractivity contribution >= 4 is 21.9 Å². The van der Waals surface area contributed by atoms with Crippen LogP contribution < -0.4 is 0 Å². The molecule has 0 unspecified atom stereocenters. The number of fused-ring (bicyclic) bond motifs is 3. The number of nitrogens with one attached hydrogen (secondary N) is 1. The number of H-pyrrole nitrogens is 1. The van der Waals surface area contributed by atoms with Gasteiger partial charge in [0.25, 0.3) is 0 Å². The molecule has 0 amide bonds. The van der Waals surface area contributed by atoms with Crippen LogP contribution in [-0.4, -0.2) is 19.9 Å². The summed E-state index contributed by atoms with van der Waals surface area (Å²) in [6.45, 7) is 0. The maximum atomic E-state index is 12.9. The average molecular weight is 264 g/mol. The maximum absolute atomic E-state index is 12.9. The molecule has 1 N–H and O–H groups in total. The Bertz CT molecular complexity index is 912. The number of aromatic amines is 1. The Kier molecular flexibility index (Phi) is 2.26. The molecule has 4 heterocycles. The molecule has 0 radical (unpaired) electrons. The number of hydrogen-bond acceptors (Lipinski definition) is 3. The summed E-state index contributed by atoms with van der Waals surface area (Å²) in [5.74, 6) is -0.494. The molecule has 4 rings (SSSR count). The van der Waals surface area contributed by atoms with E-state index in [-0.39, 0.29) is 0 Å². The monoisotopic (exact) mass is 264 g/mol. The lowest BCUT2D eigenvalue weighted by Crippen LogP contribution is -1.87. The molecule has 4 aromatic heterocycles. The van der Waals surface area contributed by atoms with Gasteiger partial charge in [-0.2, -0.15) is 4.39 Å². The fraction of sp³-hybridized carbons (Fsp3) is 0. The van der Waals surface area contributed by atoms with Crippen molar-refractivity contribution in [1.29, 1.82) is 0 Å². The minimum Gasteiger partial charge on any atom is -0.338 e. The van der Waals surface area contributed by atoms with Gasteiger partial charge in [-0.25, -0.2) is 9.97 Å². The average Bonchev–Trinajstić information content (AvgIpc) is 2.85. The van der Waals surface area contributed by atoms with Gasteiger partial charge in [0.05, 0.1) is 17.4 Å². The number of aromatic nitrogens is 4. The Hall–Kier alpha value is -2.82. The van der Waals surface area contributed by atoms with E-state index in [0.29, 0.717) is 0 Å². The van der Waals surface area contributed by atoms with Crippen molar-refractivity contribution in [2.24, 2.45) is 0 Å². The van der Waals surface area contributed by atoms with Crippen LogP contribution in [0.15, 0.2) is 48.9 Å². The number of nitrogens with zero attached hydrogens (tertiary/aromatic N) is 3. The number of rotatable bonds is 1. The zero-order valence-electron chi connectivity index (χ0n) is 10.3. The molecule has 0 saturated heterocycles. The van der Waals surface area contributed by atoms with Gasteiger partial charge >= 0.3 is 0 Å². The first-order valence-corrected chi connectivity index (χ1v) is 6.16. The van der Waals surface area contributed by atoms with Crippen LogP contribution in [0, 0.1) is 5.95 Å². The van der Waals surface area contributed by atoms with Crippen molar-refractivity contribution in [3.8, 4) is 11.3 Å². The van der Waals surface area contributed by atoms with E-state index in [0.717, 1.165) is 33.2 Å². The van der Waals surface area contributed by atoms with Crippen molar-refractivity contribution in [3.05, 3.63) is 54.9 Å². The van der Waals surface area contributed by atoms with E-state index in [9.17, 15) is 4.39 Å². The van der Waals surface area contributed by atoms with Gasteiger partial charge in [0, 0.05) is 28.7 Å². The van der Waals surface area contributed by atoms with Crippen LogP contribution >= 0.6 is 0 Å². The smallest absolute Gasteiger partial charge is 0.212 e. The molecule has 0 saturated carbocycles. The third-order valence-electron chi connectivity index (χ3n) is 3.28. The molecular formula is C15H9FN4. The molecule has 0 fully saturated rings. The Morgan fingerprint density at radius 3 is 2.75 bits per heavy atom.